The molecule has 5 N–H and O–H groups in total. The molecule has 6 nitrogen and oxygen atoms in total. The highest BCUT2D eigenvalue weighted by Gasteiger charge is 2.24. The van der Waals surface area contributed by atoms with Crippen LogP contribution in [0, 0.1) is 0 Å². The summed E-state index contributed by atoms with van der Waals surface area (Å²) in [5, 5.41) is 3.23. The second-order valence-electron chi connectivity index (χ2n) is 5.91. The standard InChI is InChI=1S/C17H21N5OS/c1-10(24-17-21-14(18)9-15(19)22-17)16(23)20-13-8-4-6-11-5-2-3-7-12(11)13/h2-3,5,7,9-10,13H,4,6,8H2,1H3,(H,20,23)(H4,18,19,21,22)/t10-,13+/m1/s1. The van der Waals surface area contributed by atoms with Gasteiger partial charge in [-0.2, -0.15) is 0 Å². The minimum Gasteiger partial charge on any atom is -0.383 e. The Morgan fingerprint density at radius 2 is 2.00 bits per heavy atom. The molecule has 1 aromatic carbocycles. The highest BCUT2D eigenvalue weighted by molar-refractivity contribution is 8.00. The molecular weight excluding hydrogens is 322 g/mol. The molecule has 7 heteroatoms. The molecule has 0 spiro atoms. The van der Waals surface area contributed by atoms with E-state index >= 15 is 0 Å². The molecule has 0 unspecified atom stereocenters. The molecule has 1 heterocycles. The minimum absolute atomic E-state index is 0.0358. The number of nitrogens with one attached hydrogen (secondary N) is 1. The Morgan fingerprint density at radius 3 is 2.75 bits per heavy atom. The smallest absolute Gasteiger partial charge is 0.233 e. The summed E-state index contributed by atoms with van der Waals surface area (Å²) in [6.07, 6.45) is 3.11. The van der Waals surface area contributed by atoms with Gasteiger partial charge in [0.1, 0.15) is 11.6 Å². The number of nitrogen functional groups attached to an aromatic ring is 2. The molecule has 0 fully saturated rings. The molecule has 0 bridgehead atoms. The van der Waals surface area contributed by atoms with Crippen molar-refractivity contribution < 1.29 is 4.79 Å². The predicted molar refractivity (Wildman–Crippen MR) is 96.4 cm³/mol. The molecule has 0 saturated carbocycles. The fourth-order valence-corrected chi connectivity index (χ4v) is 3.73. The lowest BCUT2D eigenvalue weighted by Crippen LogP contribution is -2.36. The van der Waals surface area contributed by atoms with E-state index in [0.717, 1.165) is 19.3 Å². The van der Waals surface area contributed by atoms with E-state index in [1.54, 1.807) is 0 Å². The number of rotatable bonds is 4. The fraction of sp³-hybridized carbons (Fsp3) is 0.353. The Labute approximate surface area is 145 Å². The van der Waals surface area contributed by atoms with Crippen LogP contribution in [-0.2, 0) is 11.2 Å². The molecule has 0 saturated heterocycles. The summed E-state index contributed by atoms with van der Waals surface area (Å²) in [7, 11) is 0. The molecule has 2 aromatic rings. The van der Waals surface area contributed by atoms with Crippen molar-refractivity contribution in [3.8, 4) is 0 Å². The number of aryl methyl sites for hydroxylation is 1. The Kier molecular flexibility index (Phi) is 4.89. The number of benzene rings is 1. The first-order valence-corrected chi connectivity index (χ1v) is 8.86. The van der Waals surface area contributed by atoms with E-state index in [2.05, 4.69) is 27.4 Å². The summed E-state index contributed by atoms with van der Waals surface area (Å²) in [5.74, 6) is 0.573. The third kappa shape index (κ3) is 3.79. The first-order valence-electron chi connectivity index (χ1n) is 7.98. The van der Waals surface area contributed by atoms with Crippen LogP contribution in [0.25, 0.3) is 0 Å². The average Bonchev–Trinajstić information content (AvgIpc) is 2.54. The molecule has 1 amide bonds. The predicted octanol–water partition coefficient (Wildman–Crippen LogP) is 2.32. The van der Waals surface area contributed by atoms with Gasteiger partial charge in [0.2, 0.25) is 5.91 Å². The fourth-order valence-electron chi connectivity index (χ4n) is 2.92. The third-order valence-corrected chi connectivity index (χ3v) is 5.04. The van der Waals surface area contributed by atoms with Crippen molar-refractivity contribution in [3.63, 3.8) is 0 Å². The molecule has 2 atom stereocenters. The lowest BCUT2D eigenvalue weighted by atomic mass is 9.88. The van der Waals surface area contributed by atoms with Crippen LogP contribution in [0.1, 0.15) is 36.9 Å². The van der Waals surface area contributed by atoms with E-state index in [4.69, 9.17) is 11.5 Å². The maximum atomic E-state index is 12.5. The Hall–Kier alpha value is -2.28. The number of amides is 1. The van der Waals surface area contributed by atoms with Gasteiger partial charge in [-0.25, -0.2) is 9.97 Å². The number of anilines is 2. The average molecular weight is 343 g/mol. The van der Waals surface area contributed by atoms with E-state index in [1.807, 2.05) is 19.1 Å². The number of aromatic nitrogens is 2. The number of nitrogens with zero attached hydrogens (tertiary/aromatic N) is 2. The van der Waals surface area contributed by atoms with Crippen molar-refractivity contribution in [2.75, 3.05) is 11.5 Å². The second kappa shape index (κ2) is 7.09. The zero-order valence-electron chi connectivity index (χ0n) is 13.5. The molecule has 1 aliphatic carbocycles. The van der Waals surface area contributed by atoms with Crippen LogP contribution in [0.3, 0.4) is 0 Å². The lowest BCUT2D eigenvalue weighted by molar-refractivity contribution is -0.121. The van der Waals surface area contributed by atoms with Crippen LogP contribution in [0.15, 0.2) is 35.5 Å². The van der Waals surface area contributed by atoms with E-state index < -0.39 is 0 Å². The van der Waals surface area contributed by atoms with Crippen LogP contribution in [0.2, 0.25) is 0 Å². The van der Waals surface area contributed by atoms with Gasteiger partial charge in [-0.3, -0.25) is 4.79 Å². The number of fused-ring (bicyclic) bond motifs is 1. The number of nitrogens with two attached hydrogens (primary N) is 2. The van der Waals surface area contributed by atoms with E-state index in [0.29, 0.717) is 16.8 Å². The number of hydrogen-bond acceptors (Lipinski definition) is 6. The third-order valence-electron chi connectivity index (χ3n) is 4.08. The summed E-state index contributed by atoms with van der Waals surface area (Å²) in [5.41, 5.74) is 13.9. The number of carbonyl (C=O) groups excluding carboxylic acids is 1. The van der Waals surface area contributed by atoms with E-state index in [9.17, 15) is 4.79 Å². The first kappa shape index (κ1) is 16.6. The van der Waals surface area contributed by atoms with Gasteiger partial charge in [-0.1, -0.05) is 36.0 Å². The van der Waals surface area contributed by atoms with Gasteiger partial charge in [0.05, 0.1) is 11.3 Å². The van der Waals surface area contributed by atoms with Gasteiger partial charge in [-0.05, 0) is 37.3 Å². The van der Waals surface area contributed by atoms with Crippen LogP contribution in [0.5, 0.6) is 0 Å². The number of hydrogen-bond donors (Lipinski definition) is 3. The monoisotopic (exact) mass is 343 g/mol. The van der Waals surface area contributed by atoms with E-state index in [1.165, 1.54) is 29.0 Å². The normalized spacial score (nSPS) is 17.8. The van der Waals surface area contributed by atoms with E-state index in [-0.39, 0.29) is 17.2 Å². The Morgan fingerprint density at radius 1 is 1.29 bits per heavy atom. The van der Waals surface area contributed by atoms with Gasteiger partial charge in [0, 0.05) is 6.07 Å². The zero-order chi connectivity index (χ0) is 17.1. The summed E-state index contributed by atoms with van der Waals surface area (Å²) < 4.78 is 0. The minimum atomic E-state index is -0.333. The number of thioether (sulfide) groups is 1. The molecule has 1 aromatic heterocycles. The lowest BCUT2D eigenvalue weighted by Gasteiger charge is -2.27. The van der Waals surface area contributed by atoms with Crippen LogP contribution >= 0.6 is 11.8 Å². The summed E-state index contributed by atoms with van der Waals surface area (Å²) in [6, 6.07) is 9.85. The van der Waals surface area contributed by atoms with Crippen LogP contribution in [-0.4, -0.2) is 21.1 Å². The molecule has 126 valence electrons. The van der Waals surface area contributed by atoms with Crippen molar-refractivity contribution >= 4 is 29.3 Å². The van der Waals surface area contributed by atoms with Gasteiger partial charge < -0.3 is 16.8 Å². The Balaban J connectivity index is 1.67. The van der Waals surface area contributed by atoms with Gasteiger partial charge in [0.15, 0.2) is 5.16 Å². The topological polar surface area (TPSA) is 107 Å². The molecule has 0 radical (unpaired) electrons. The van der Waals surface area contributed by atoms with Gasteiger partial charge in [-0.15, -0.1) is 0 Å². The highest BCUT2D eigenvalue weighted by atomic mass is 32.2. The second-order valence-corrected chi connectivity index (χ2v) is 7.22. The van der Waals surface area contributed by atoms with Crippen molar-refractivity contribution in [1.82, 2.24) is 15.3 Å². The van der Waals surface area contributed by atoms with Crippen LogP contribution < -0.4 is 16.8 Å². The molecule has 1 aliphatic rings. The quantitative estimate of drug-likeness (QED) is 0.581. The first-order chi connectivity index (χ1) is 11.5. The summed E-state index contributed by atoms with van der Waals surface area (Å²) in [4.78, 5) is 20.8. The van der Waals surface area contributed by atoms with Gasteiger partial charge in [0.25, 0.3) is 0 Å². The molecule has 3 rings (SSSR count). The van der Waals surface area contributed by atoms with Crippen molar-refractivity contribution in [3.05, 3.63) is 41.5 Å². The largest absolute Gasteiger partial charge is 0.383 e. The summed E-state index contributed by atoms with van der Waals surface area (Å²) in [6.45, 7) is 1.83. The molecular formula is C17H21N5OS. The SMILES string of the molecule is C[C@@H](Sc1nc(N)cc(N)n1)C(=O)N[C@H]1CCCc2ccccc21. The van der Waals surface area contributed by atoms with Gasteiger partial charge >= 0.3 is 0 Å². The highest BCUT2D eigenvalue weighted by Crippen LogP contribution is 2.30. The van der Waals surface area contributed by atoms with Crippen LogP contribution in [0.4, 0.5) is 11.6 Å². The maximum Gasteiger partial charge on any atom is 0.233 e. The molecule has 24 heavy (non-hydrogen) atoms. The Bertz CT molecular complexity index is 731. The summed E-state index contributed by atoms with van der Waals surface area (Å²) >= 11 is 1.26. The number of carbonyl (C=O) groups is 1. The maximum absolute atomic E-state index is 12.5. The zero-order valence-corrected chi connectivity index (χ0v) is 14.3. The van der Waals surface area contributed by atoms with Crippen molar-refractivity contribution in [1.29, 1.82) is 0 Å². The van der Waals surface area contributed by atoms with Crippen molar-refractivity contribution in [2.24, 2.45) is 0 Å². The van der Waals surface area contributed by atoms with Crippen molar-refractivity contribution in [2.45, 2.75) is 42.6 Å². The molecule has 0 aliphatic heterocycles.